The molecule has 0 aliphatic rings. The predicted octanol–water partition coefficient (Wildman–Crippen LogP) is 4.37. The minimum absolute atomic E-state index is 0.505. The highest BCUT2D eigenvalue weighted by Crippen LogP contribution is 2.35. The number of benzene rings is 1. The second kappa shape index (κ2) is 5.02. The van der Waals surface area contributed by atoms with Crippen LogP contribution in [0, 0.1) is 0 Å². The third-order valence-electron chi connectivity index (χ3n) is 2.48. The summed E-state index contributed by atoms with van der Waals surface area (Å²) in [6, 6.07) is 9.96. The highest BCUT2D eigenvalue weighted by molar-refractivity contribution is 7.12. The van der Waals surface area contributed by atoms with Crippen LogP contribution < -0.4 is 4.74 Å². The lowest BCUT2D eigenvalue weighted by molar-refractivity contribution is -0.134. The van der Waals surface area contributed by atoms with Crippen LogP contribution in [0.25, 0.3) is 0 Å². The minimum atomic E-state index is -4.25. The summed E-state index contributed by atoms with van der Waals surface area (Å²) < 4.78 is 42.3. The van der Waals surface area contributed by atoms with Crippen LogP contribution in [0.1, 0.15) is 15.3 Å². The van der Waals surface area contributed by atoms with Crippen LogP contribution in [-0.2, 0) is 12.6 Å². The number of ether oxygens (including phenoxy) is 1. The average Bonchev–Trinajstić information content (AvgIpc) is 2.78. The quantitative estimate of drug-likeness (QED) is 0.806. The van der Waals surface area contributed by atoms with Gasteiger partial charge < -0.3 is 4.74 Å². The smallest absolute Gasteiger partial charge is 0.425 e. The van der Waals surface area contributed by atoms with E-state index in [9.17, 15) is 13.2 Å². The van der Waals surface area contributed by atoms with Gasteiger partial charge in [-0.1, -0.05) is 12.1 Å². The fourth-order valence-electron chi connectivity index (χ4n) is 1.57. The van der Waals surface area contributed by atoms with Crippen molar-refractivity contribution in [2.75, 3.05) is 7.11 Å². The van der Waals surface area contributed by atoms with Crippen molar-refractivity contribution in [2.45, 2.75) is 12.6 Å². The van der Waals surface area contributed by atoms with E-state index in [0.29, 0.717) is 11.3 Å². The largest absolute Gasteiger partial charge is 0.497 e. The van der Waals surface area contributed by atoms with E-state index in [4.69, 9.17) is 4.74 Å². The third kappa shape index (κ3) is 3.04. The van der Waals surface area contributed by atoms with E-state index in [0.717, 1.165) is 28.7 Å². The molecule has 1 heterocycles. The third-order valence-corrected chi connectivity index (χ3v) is 3.61. The Hall–Kier alpha value is -1.49. The van der Waals surface area contributed by atoms with Crippen molar-refractivity contribution in [2.24, 2.45) is 0 Å². The Morgan fingerprint density at radius 1 is 1.06 bits per heavy atom. The molecular formula is C13H11F3OS. The molecule has 18 heavy (non-hydrogen) atoms. The maximum atomic E-state index is 12.4. The van der Waals surface area contributed by atoms with Crippen LogP contribution in [-0.4, -0.2) is 7.11 Å². The van der Waals surface area contributed by atoms with Gasteiger partial charge in [0, 0.05) is 11.3 Å². The van der Waals surface area contributed by atoms with E-state index in [2.05, 4.69) is 0 Å². The molecule has 1 aromatic carbocycles. The van der Waals surface area contributed by atoms with Crippen molar-refractivity contribution in [3.05, 3.63) is 51.7 Å². The van der Waals surface area contributed by atoms with Crippen molar-refractivity contribution < 1.29 is 17.9 Å². The molecule has 5 heteroatoms. The van der Waals surface area contributed by atoms with Crippen LogP contribution in [0.3, 0.4) is 0 Å². The van der Waals surface area contributed by atoms with Gasteiger partial charge in [-0.05, 0) is 29.8 Å². The molecule has 0 aliphatic heterocycles. The van der Waals surface area contributed by atoms with Gasteiger partial charge in [-0.3, -0.25) is 0 Å². The van der Waals surface area contributed by atoms with Crippen molar-refractivity contribution in [1.29, 1.82) is 0 Å². The summed E-state index contributed by atoms with van der Waals surface area (Å²) in [5, 5.41) is 0. The number of thiophene rings is 1. The molecule has 0 radical (unpaired) electrons. The maximum absolute atomic E-state index is 12.4. The molecule has 1 nitrogen and oxygen atoms in total. The van der Waals surface area contributed by atoms with Gasteiger partial charge in [0.2, 0.25) is 0 Å². The molecule has 2 aromatic rings. The Morgan fingerprint density at radius 3 is 2.22 bits per heavy atom. The second-order valence-corrected chi connectivity index (χ2v) is 4.96. The molecule has 0 aliphatic carbocycles. The molecule has 0 unspecified atom stereocenters. The highest BCUT2D eigenvalue weighted by atomic mass is 32.1. The summed E-state index contributed by atoms with van der Waals surface area (Å²) in [6.07, 6.45) is -3.74. The first-order chi connectivity index (χ1) is 8.49. The zero-order chi connectivity index (χ0) is 13.2. The standard InChI is InChI=1S/C13H11F3OS/c1-17-10-4-2-9(3-5-10)8-11-6-7-12(18-11)13(14,15)16/h2-7H,8H2,1H3. The molecule has 96 valence electrons. The summed E-state index contributed by atoms with van der Waals surface area (Å²) in [5.74, 6) is 0.737. The summed E-state index contributed by atoms with van der Waals surface area (Å²) in [6.45, 7) is 0. The van der Waals surface area contributed by atoms with E-state index in [1.54, 1.807) is 19.2 Å². The van der Waals surface area contributed by atoms with Crippen molar-refractivity contribution >= 4 is 11.3 Å². The predicted molar refractivity (Wildman–Crippen MR) is 65.1 cm³/mol. The van der Waals surface area contributed by atoms with Crippen LogP contribution in [0.2, 0.25) is 0 Å². The lowest BCUT2D eigenvalue weighted by atomic mass is 10.1. The Labute approximate surface area is 107 Å². The van der Waals surface area contributed by atoms with E-state index in [-0.39, 0.29) is 0 Å². The van der Waals surface area contributed by atoms with E-state index in [1.807, 2.05) is 12.1 Å². The molecule has 1 aromatic heterocycles. The number of hydrogen-bond acceptors (Lipinski definition) is 2. The minimum Gasteiger partial charge on any atom is -0.497 e. The first-order valence-electron chi connectivity index (χ1n) is 5.28. The molecule has 0 amide bonds. The van der Waals surface area contributed by atoms with Gasteiger partial charge in [-0.25, -0.2) is 0 Å². The van der Waals surface area contributed by atoms with Crippen LogP contribution in [0.4, 0.5) is 13.2 Å². The second-order valence-electron chi connectivity index (χ2n) is 3.79. The normalized spacial score (nSPS) is 11.6. The maximum Gasteiger partial charge on any atom is 0.425 e. The number of rotatable bonds is 3. The zero-order valence-electron chi connectivity index (χ0n) is 9.62. The highest BCUT2D eigenvalue weighted by Gasteiger charge is 2.32. The van der Waals surface area contributed by atoms with Crippen LogP contribution >= 0.6 is 11.3 Å². The first kappa shape index (κ1) is 13.0. The molecule has 0 N–H and O–H groups in total. The van der Waals surface area contributed by atoms with Gasteiger partial charge in [0.1, 0.15) is 10.6 Å². The number of alkyl halides is 3. The van der Waals surface area contributed by atoms with E-state index in [1.165, 1.54) is 6.07 Å². The molecule has 0 saturated heterocycles. The molecular weight excluding hydrogens is 261 g/mol. The summed E-state index contributed by atoms with van der Waals surface area (Å²) in [7, 11) is 1.57. The number of hydrogen-bond donors (Lipinski definition) is 0. The topological polar surface area (TPSA) is 9.23 Å². The first-order valence-corrected chi connectivity index (χ1v) is 6.09. The van der Waals surface area contributed by atoms with E-state index >= 15 is 0 Å². The summed E-state index contributed by atoms with van der Waals surface area (Å²) >= 11 is 0.788. The molecule has 0 saturated carbocycles. The number of halogens is 3. The molecule has 0 spiro atoms. The van der Waals surface area contributed by atoms with Crippen molar-refractivity contribution in [3.8, 4) is 5.75 Å². The molecule has 2 rings (SSSR count). The number of methoxy groups -OCH3 is 1. The molecule has 0 bridgehead atoms. The fraction of sp³-hybridized carbons (Fsp3) is 0.231. The lowest BCUT2D eigenvalue weighted by Gasteiger charge is -2.03. The lowest BCUT2D eigenvalue weighted by Crippen LogP contribution is -2.00. The van der Waals surface area contributed by atoms with Crippen molar-refractivity contribution in [3.63, 3.8) is 0 Å². The zero-order valence-corrected chi connectivity index (χ0v) is 10.4. The van der Waals surface area contributed by atoms with Gasteiger partial charge in [-0.2, -0.15) is 13.2 Å². The average molecular weight is 272 g/mol. The molecule has 0 fully saturated rings. The Bertz CT molecular complexity index is 514. The molecule has 0 atom stereocenters. The summed E-state index contributed by atoms with van der Waals surface area (Å²) in [4.78, 5) is 0.151. The Balaban J connectivity index is 2.11. The van der Waals surface area contributed by atoms with Crippen LogP contribution in [0.15, 0.2) is 36.4 Å². The van der Waals surface area contributed by atoms with Gasteiger partial charge in [0.15, 0.2) is 0 Å². The van der Waals surface area contributed by atoms with Gasteiger partial charge in [0.05, 0.1) is 7.11 Å². The van der Waals surface area contributed by atoms with E-state index < -0.39 is 11.1 Å². The summed E-state index contributed by atoms with van der Waals surface area (Å²) in [5.41, 5.74) is 0.964. The van der Waals surface area contributed by atoms with Gasteiger partial charge in [-0.15, -0.1) is 11.3 Å². The fourth-order valence-corrected chi connectivity index (χ4v) is 2.48. The Morgan fingerprint density at radius 2 is 1.72 bits per heavy atom. The Kier molecular flexibility index (Phi) is 3.61. The monoisotopic (exact) mass is 272 g/mol. The SMILES string of the molecule is COc1ccc(Cc2ccc(C(F)(F)F)s2)cc1. The van der Waals surface area contributed by atoms with Gasteiger partial charge in [0.25, 0.3) is 0 Å². The van der Waals surface area contributed by atoms with Gasteiger partial charge >= 0.3 is 6.18 Å². The van der Waals surface area contributed by atoms with Crippen LogP contribution in [0.5, 0.6) is 5.75 Å². The van der Waals surface area contributed by atoms with Crippen molar-refractivity contribution in [1.82, 2.24) is 0 Å².